The van der Waals surface area contributed by atoms with Gasteiger partial charge in [0, 0.05) is 28.4 Å². The number of nitriles is 1. The summed E-state index contributed by atoms with van der Waals surface area (Å²) in [7, 11) is -3.94. The molecular weight excluding hydrogens is 545 g/mol. The molecule has 1 N–H and O–H groups in total. The number of nitrogens with zero attached hydrogens (tertiary/aromatic N) is 2. The molecule has 10 heteroatoms. The summed E-state index contributed by atoms with van der Waals surface area (Å²) in [5.74, 6) is -0.0371. The molecule has 0 radical (unpaired) electrons. The van der Waals surface area contributed by atoms with Crippen LogP contribution in [0.4, 0.5) is 5.69 Å². The minimum Gasteiger partial charge on any atom is -0.460 e. The van der Waals surface area contributed by atoms with Crippen molar-refractivity contribution >= 4 is 50.9 Å². The van der Waals surface area contributed by atoms with Gasteiger partial charge in [0.15, 0.2) is 0 Å². The maximum absolute atomic E-state index is 13.5. The number of para-hydroxylation sites is 1. The molecule has 0 spiro atoms. The number of benzene rings is 3. The fourth-order valence-corrected chi connectivity index (χ4v) is 5.16. The zero-order valence-corrected chi connectivity index (χ0v) is 22.2. The molecule has 0 bridgehead atoms. The number of hydrogen-bond acceptors (Lipinski definition) is 5. The van der Waals surface area contributed by atoms with Gasteiger partial charge in [-0.3, -0.25) is 4.79 Å². The first-order chi connectivity index (χ1) is 18.2. The van der Waals surface area contributed by atoms with E-state index in [2.05, 4.69) is 5.32 Å². The standard InChI is InChI=1S/C28H21Cl2N3O4S/c29-22-8-6-20(7-9-22)18-33(38(35,36)27-14-10-23(30)11-15-27)19-26-13-12-25(37-26)16-21(17-31)28(34)32-24-4-2-1-3-5-24/h1-16H,18-19H2,(H,32,34)/b21-16-. The van der Waals surface area contributed by atoms with Crippen molar-refractivity contribution in [3.05, 3.63) is 124 Å². The zero-order chi connectivity index (χ0) is 27.1. The van der Waals surface area contributed by atoms with Crippen LogP contribution in [-0.4, -0.2) is 18.6 Å². The number of carbonyl (C=O) groups is 1. The number of nitrogens with one attached hydrogen (secondary N) is 1. The van der Waals surface area contributed by atoms with E-state index in [1.165, 1.54) is 34.6 Å². The van der Waals surface area contributed by atoms with Crippen LogP contribution in [0.25, 0.3) is 6.08 Å². The van der Waals surface area contributed by atoms with Gasteiger partial charge in [0.1, 0.15) is 23.2 Å². The Hall–Kier alpha value is -3.87. The average molecular weight is 566 g/mol. The van der Waals surface area contributed by atoms with Crippen LogP contribution < -0.4 is 5.32 Å². The molecule has 192 valence electrons. The molecule has 4 aromatic rings. The number of furan rings is 1. The van der Waals surface area contributed by atoms with Crippen molar-refractivity contribution in [1.29, 1.82) is 5.26 Å². The third-order valence-electron chi connectivity index (χ3n) is 5.42. The van der Waals surface area contributed by atoms with Gasteiger partial charge >= 0.3 is 0 Å². The number of halogens is 2. The van der Waals surface area contributed by atoms with Crippen LogP contribution in [0, 0.1) is 11.3 Å². The minimum atomic E-state index is -3.94. The summed E-state index contributed by atoms with van der Waals surface area (Å²) >= 11 is 11.9. The predicted molar refractivity (Wildman–Crippen MR) is 147 cm³/mol. The molecule has 38 heavy (non-hydrogen) atoms. The van der Waals surface area contributed by atoms with Crippen LogP contribution in [-0.2, 0) is 27.9 Å². The Morgan fingerprint density at radius 3 is 2.16 bits per heavy atom. The fraction of sp³-hybridized carbons (Fsp3) is 0.0714. The van der Waals surface area contributed by atoms with Gasteiger partial charge in [-0.25, -0.2) is 8.42 Å². The summed E-state index contributed by atoms with van der Waals surface area (Å²) in [5.41, 5.74) is 1.11. The van der Waals surface area contributed by atoms with Crippen molar-refractivity contribution in [2.75, 3.05) is 5.32 Å². The van der Waals surface area contributed by atoms with Gasteiger partial charge in [0.05, 0.1) is 11.4 Å². The maximum Gasteiger partial charge on any atom is 0.266 e. The summed E-state index contributed by atoms with van der Waals surface area (Å²) in [5, 5.41) is 13.1. The lowest BCUT2D eigenvalue weighted by atomic mass is 10.2. The molecule has 1 heterocycles. The first-order valence-corrected chi connectivity index (χ1v) is 13.5. The van der Waals surface area contributed by atoms with Gasteiger partial charge in [-0.2, -0.15) is 9.57 Å². The normalized spacial score (nSPS) is 11.8. The summed E-state index contributed by atoms with van der Waals surface area (Å²) in [4.78, 5) is 12.6. The van der Waals surface area contributed by atoms with Crippen molar-refractivity contribution in [3.8, 4) is 6.07 Å². The highest BCUT2D eigenvalue weighted by atomic mass is 35.5. The summed E-state index contributed by atoms with van der Waals surface area (Å²) < 4.78 is 34.1. The molecule has 7 nitrogen and oxygen atoms in total. The lowest BCUT2D eigenvalue weighted by molar-refractivity contribution is -0.112. The Kier molecular flexibility index (Phi) is 8.66. The van der Waals surface area contributed by atoms with Crippen molar-refractivity contribution < 1.29 is 17.6 Å². The highest BCUT2D eigenvalue weighted by Gasteiger charge is 2.26. The number of sulfonamides is 1. The Labute approximate surface area is 230 Å². The Morgan fingerprint density at radius 2 is 1.53 bits per heavy atom. The highest BCUT2D eigenvalue weighted by molar-refractivity contribution is 7.89. The molecule has 0 atom stereocenters. The van der Waals surface area contributed by atoms with E-state index in [4.69, 9.17) is 27.6 Å². The van der Waals surface area contributed by atoms with Gasteiger partial charge in [0.25, 0.3) is 5.91 Å². The van der Waals surface area contributed by atoms with E-state index in [1.807, 2.05) is 12.1 Å². The fourth-order valence-electron chi connectivity index (χ4n) is 3.52. The SMILES string of the molecule is N#C/C(=C/c1ccc(CN(Cc2ccc(Cl)cc2)S(=O)(=O)c2ccc(Cl)cc2)o1)C(=O)Nc1ccccc1. The molecule has 4 rings (SSSR count). The van der Waals surface area contributed by atoms with Crippen LogP contribution in [0.15, 0.2) is 106 Å². The molecule has 0 saturated carbocycles. The van der Waals surface area contributed by atoms with E-state index in [0.29, 0.717) is 21.5 Å². The molecule has 0 aliphatic heterocycles. The minimum absolute atomic E-state index is 0.0525. The van der Waals surface area contributed by atoms with Gasteiger partial charge < -0.3 is 9.73 Å². The number of anilines is 1. The Morgan fingerprint density at radius 1 is 0.895 bits per heavy atom. The molecule has 0 aliphatic carbocycles. The predicted octanol–water partition coefficient (Wildman–Crippen LogP) is 6.52. The van der Waals surface area contributed by atoms with E-state index in [0.717, 1.165) is 5.56 Å². The first-order valence-electron chi connectivity index (χ1n) is 11.3. The van der Waals surface area contributed by atoms with Crippen molar-refractivity contribution in [2.45, 2.75) is 18.0 Å². The molecule has 0 unspecified atom stereocenters. The van der Waals surface area contributed by atoms with Gasteiger partial charge in [-0.1, -0.05) is 53.5 Å². The summed E-state index contributed by atoms with van der Waals surface area (Å²) in [6, 6.07) is 26.5. The Bertz CT molecular complexity index is 1590. The first kappa shape index (κ1) is 27.2. The molecule has 0 aliphatic rings. The van der Waals surface area contributed by atoms with Crippen molar-refractivity contribution in [3.63, 3.8) is 0 Å². The van der Waals surface area contributed by atoms with Gasteiger partial charge in [-0.05, 0) is 66.2 Å². The van der Waals surface area contributed by atoms with Crippen molar-refractivity contribution in [1.82, 2.24) is 4.31 Å². The largest absolute Gasteiger partial charge is 0.460 e. The number of hydrogen-bond donors (Lipinski definition) is 1. The van der Waals surface area contributed by atoms with E-state index in [9.17, 15) is 18.5 Å². The van der Waals surface area contributed by atoms with E-state index < -0.39 is 15.9 Å². The van der Waals surface area contributed by atoms with Gasteiger partial charge in [0.2, 0.25) is 10.0 Å². The van der Waals surface area contributed by atoms with Gasteiger partial charge in [-0.15, -0.1) is 0 Å². The van der Waals surface area contributed by atoms with Crippen LogP contribution in [0.2, 0.25) is 10.0 Å². The number of rotatable bonds is 9. The molecule has 3 aromatic carbocycles. The second kappa shape index (κ2) is 12.1. The lowest BCUT2D eigenvalue weighted by Crippen LogP contribution is -2.30. The highest BCUT2D eigenvalue weighted by Crippen LogP contribution is 2.24. The second-order valence-electron chi connectivity index (χ2n) is 8.15. The molecule has 1 amide bonds. The molecular formula is C28H21Cl2N3O4S. The molecule has 1 aromatic heterocycles. The van der Waals surface area contributed by atoms with Crippen LogP contribution >= 0.6 is 23.2 Å². The monoisotopic (exact) mass is 565 g/mol. The number of carbonyl (C=O) groups excluding carboxylic acids is 1. The van der Waals surface area contributed by atoms with E-state index >= 15 is 0 Å². The summed E-state index contributed by atoms with van der Waals surface area (Å²) in [6.07, 6.45) is 1.30. The topological polar surface area (TPSA) is 103 Å². The third kappa shape index (κ3) is 6.91. The third-order valence-corrected chi connectivity index (χ3v) is 7.73. The average Bonchev–Trinajstić information content (AvgIpc) is 3.36. The molecule has 0 saturated heterocycles. The van der Waals surface area contributed by atoms with Crippen LogP contribution in [0.5, 0.6) is 0 Å². The van der Waals surface area contributed by atoms with E-state index in [-0.39, 0.29) is 29.3 Å². The van der Waals surface area contributed by atoms with Crippen LogP contribution in [0.3, 0.4) is 0 Å². The zero-order valence-electron chi connectivity index (χ0n) is 19.8. The van der Waals surface area contributed by atoms with Crippen LogP contribution in [0.1, 0.15) is 17.1 Å². The van der Waals surface area contributed by atoms with E-state index in [1.54, 1.807) is 60.7 Å². The quantitative estimate of drug-likeness (QED) is 0.184. The summed E-state index contributed by atoms with van der Waals surface area (Å²) in [6.45, 7) is -0.0452. The number of amides is 1. The Balaban J connectivity index is 1.58. The lowest BCUT2D eigenvalue weighted by Gasteiger charge is -2.21. The second-order valence-corrected chi connectivity index (χ2v) is 11.0. The maximum atomic E-state index is 13.5. The smallest absolute Gasteiger partial charge is 0.266 e. The molecule has 0 fully saturated rings. The van der Waals surface area contributed by atoms with Crippen molar-refractivity contribution in [2.24, 2.45) is 0 Å².